The largest absolute Gasteiger partial charge is 0.448 e. The number of hydrogen-bond donors (Lipinski definition) is 0. The van der Waals surface area contributed by atoms with Crippen LogP contribution in [0.2, 0.25) is 0 Å². The molecule has 1 saturated heterocycles. The molecule has 2 aliphatic heterocycles. The number of fused-ring (bicyclic) bond motifs is 1. The van der Waals surface area contributed by atoms with E-state index in [0.29, 0.717) is 36.9 Å². The molecule has 0 bridgehead atoms. The van der Waals surface area contributed by atoms with E-state index in [4.69, 9.17) is 9.52 Å². The predicted octanol–water partition coefficient (Wildman–Crippen LogP) is 2.07. The number of carbonyl (C=O) groups excluding carboxylic acids is 2. The molecule has 2 aromatic rings. The molecule has 27 heavy (non-hydrogen) atoms. The highest BCUT2D eigenvalue weighted by Crippen LogP contribution is 2.28. The van der Waals surface area contributed by atoms with Crippen LogP contribution in [0.4, 0.5) is 0 Å². The summed E-state index contributed by atoms with van der Waals surface area (Å²) in [6, 6.07) is 1.93. The molecule has 0 aliphatic carbocycles. The van der Waals surface area contributed by atoms with Gasteiger partial charge in [-0.2, -0.15) is 5.10 Å². The first-order valence-corrected chi connectivity index (χ1v) is 9.65. The van der Waals surface area contributed by atoms with Crippen LogP contribution in [0.25, 0.3) is 0 Å². The molecule has 2 amide bonds. The van der Waals surface area contributed by atoms with Crippen molar-refractivity contribution in [1.82, 2.24) is 24.6 Å². The average Bonchev–Trinajstić information content (AvgIpc) is 3.27. The van der Waals surface area contributed by atoms with Gasteiger partial charge in [-0.05, 0) is 32.3 Å². The van der Waals surface area contributed by atoms with Crippen molar-refractivity contribution in [2.24, 2.45) is 0 Å². The van der Waals surface area contributed by atoms with E-state index in [-0.39, 0.29) is 17.7 Å². The maximum Gasteiger partial charge on any atom is 0.275 e. The highest BCUT2D eigenvalue weighted by atomic mass is 16.3. The number of aryl methyl sites for hydroxylation is 2. The lowest BCUT2D eigenvalue weighted by atomic mass is 9.94. The predicted molar refractivity (Wildman–Crippen MR) is 97.5 cm³/mol. The molecule has 8 nitrogen and oxygen atoms in total. The summed E-state index contributed by atoms with van der Waals surface area (Å²) in [7, 11) is 0. The number of amides is 2. The van der Waals surface area contributed by atoms with Crippen molar-refractivity contribution in [2.75, 3.05) is 26.2 Å². The number of oxazole rings is 1. The zero-order valence-corrected chi connectivity index (χ0v) is 15.8. The third kappa shape index (κ3) is 3.36. The standard InChI is InChI=1S/C19H25N5O3/c1-3-22-8-5-9-24-17(19(22)26)10-15(21-24)14-6-4-7-23(11-14)18(25)16-12-27-13(2)20-16/h10,12,14H,3-9,11H2,1-2H3. The van der Waals surface area contributed by atoms with Gasteiger partial charge in [0, 0.05) is 45.6 Å². The van der Waals surface area contributed by atoms with Crippen molar-refractivity contribution in [1.29, 1.82) is 0 Å². The summed E-state index contributed by atoms with van der Waals surface area (Å²) in [6.07, 6.45) is 4.20. The summed E-state index contributed by atoms with van der Waals surface area (Å²) in [5, 5.41) is 4.72. The monoisotopic (exact) mass is 371 g/mol. The van der Waals surface area contributed by atoms with E-state index in [1.165, 1.54) is 6.26 Å². The SMILES string of the molecule is CCN1CCCn2nc(C3CCCN(C(=O)c4coc(C)n4)C3)cc2C1=O. The second-order valence-electron chi connectivity index (χ2n) is 7.26. The molecule has 0 aromatic carbocycles. The Morgan fingerprint density at radius 3 is 2.89 bits per heavy atom. The topological polar surface area (TPSA) is 84.5 Å². The molecule has 1 unspecified atom stereocenters. The van der Waals surface area contributed by atoms with Gasteiger partial charge in [-0.25, -0.2) is 4.98 Å². The second kappa shape index (κ2) is 7.17. The van der Waals surface area contributed by atoms with E-state index in [1.807, 2.05) is 27.5 Å². The summed E-state index contributed by atoms with van der Waals surface area (Å²) >= 11 is 0. The molecule has 4 heterocycles. The summed E-state index contributed by atoms with van der Waals surface area (Å²) in [5.74, 6) is 0.572. The highest BCUT2D eigenvalue weighted by Gasteiger charge is 2.31. The van der Waals surface area contributed by atoms with Gasteiger partial charge in [-0.1, -0.05) is 0 Å². The first-order valence-electron chi connectivity index (χ1n) is 9.65. The third-order valence-electron chi connectivity index (χ3n) is 5.45. The first kappa shape index (κ1) is 17.8. The van der Waals surface area contributed by atoms with Crippen molar-refractivity contribution in [2.45, 2.75) is 45.6 Å². The van der Waals surface area contributed by atoms with Gasteiger partial charge in [0.15, 0.2) is 11.6 Å². The van der Waals surface area contributed by atoms with Crippen LogP contribution < -0.4 is 0 Å². The number of carbonyl (C=O) groups is 2. The minimum atomic E-state index is -0.106. The molecule has 1 fully saturated rings. The summed E-state index contributed by atoms with van der Waals surface area (Å²) in [6.45, 7) is 7.26. The van der Waals surface area contributed by atoms with Gasteiger partial charge in [0.2, 0.25) is 0 Å². The first-order chi connectivity index (χ1) is 13.1. The van der Waals surface area contributed by atoms with Crippen molar-refractivity contribution < 1.29 is 14.0 Å². The van der Waals surface area contributed by atoms with Crippen molar-refractivity contribution >= 4 is 11.8 Å². The van der Waals surface area contributed by atoms with Crippen LogP contribution in [0, 0.1) is 6.92 Å². The van der Waals surface area contributed by atoms with E-state index < -0.39 is 0 Å². The van der Waals surface area contributed by atoms with Crippen LogP contribution in [0.5, 0.6) is 0 Å². The lowest BCUT2D eigenvalue weighted by Gasteiger charge is -2.31. The fourth-order valence-electron chi connectivity index (χ4n) is 3.98. The van der Waals surface area contributed by atoms with E-state index in [2.05, 4.69) is 4.98 Å². The molecule has 144 valence electrons. The number of likely N-dealkylation sites (tertiary alicyclic amines) is 1. The Labute approximate surface area is 158 Å². The number of aromatic nitrogens is 3. The minimum absolute atomic E-state index is 0.0514. The summed E-state index contributed by atoms with van der Waals surface area (Å²) < 4.78 is 7.01. The molecule has 4 rings (SSSR count). The average molecular weight is 371 g/mol. The molecule has 0 N–H and O–H groups in total. The number of nitrogens with zero attached hydrogens (tertiary/aromatic N) is 5. The highest BCUT2D eigenvalue weighted by molar-refractivity contribution is 5.93. The quantitative estimate of drug-likeness (QED) is 0.825. The Hall–Kier alpha value is -2.64. The van der Waals surface area contributed by atoms with Gasteiger partial charge in [0.05, 0.1) is 5.69 Å². The zero-order valence-electron chi connectivity index (χ0n) is 15.8. The fraction of sp³-hybridized carbons (Fsp3) is 0.579. The Morgan fingerprint density at radius 2 is 2.15 bits per heavy atom. The molecule has 0 radical (unpaired) electrons. The van der Waals surface area contributed by atoms with E-state index in [9.17, 15) is 9.59 Å². The molecule has 0 saturated carbocycles. The maximum absolute atomic E-state index is 12.7. The van der Waals surface area contributed by atoms with Crippen LogP contribution in [0.1, 0.15) is 64.7 Å². The van der Waals surface area contributed by atoms with Gasteiger partial charge in [0.25, 0.3) is 11.8 Å². The lowest BCUT2D eigenvalue weighted by Crippen LogP contribution is -2.39. The zero-order chi connectivity index (χ0) is 19.0. The van der Waals surface area contributed by atoms with Gasteiger partial charge < -0.3 is 14.2 Å². The van der Waals surface area contributed by atoms with Crippen LogP contribution >= 0.6 is 0 Å². The Morgan fingerprint density at radius 1 is 1.30 bits per heavy atom. The Kier molecular flexibility index (Phi) is 4.72. The molecular formula is C19H25N5O3. The molecular weight excluding hydrogens is 346 g/mol. The Balaban J connectivity index is 1.53. The van der Waals surface area contributed by atoms with Gasteiger partial charge in [-0.3, -0.25) is 14.3 Å². The van der Waals surface area contributed by atoms with E-state index >= 15 is 0 Å². The number of rotatable bonds is 3. The molecule has 1 atom stereocenters. The number of piperidine rings is 1. The third-order valence-corrected chi connectivity index (χ3v) is 5.45. The van der Waals surface area contributed by atoms with Crippen molar-refractivity contribution in [3.05, 3.63) is 35.3 Å². The smallest absolute Gasteiger partial charge is 0.275 e. The van der Waals surface area contributed by atoms with Crippen LogP contribution in [-0.4, -0.2) is 62.6 Å². The lowest BCUT2D eigenvalue weighted by molar-refractivity contribution is 0.0698. The van der Waals surface area contributed by atoms with Gasteiger partial charge in [-0.15, -0.1) is 0 Å². The van der Waals surface area contributed by atoms with E-state index in [1.54, 1.807) is 6.92 Å². The van der Waals surface area contributed by atoms with Gasteiger partial charge in [0.1, 0.15) is 12.0 Å². The van der Waals surface area contributed by atoms with Crippen molar-refractivity contribution in [3.63, 3.8) is 0 Å². The molecule has 0 spiro atoms. The summed E-state index contributed by atoms with van der Waals surface area (Å²) in [4.78, 5) is 33.2. The molecule has 2 aliphatic rings. The molecule has 2 aromatic heterocycles. The van der Waals surface area contributed by atoms with Crippen LogP contribution in [0.15, 0.2) is 16.7 Å². The Bertz CT molecular complexity index is 855. The fourth-order valence-corrected chi connectivity index (χ4v) is 3.98. The summed E-state index contributed by atoms with van der Waals surface area (Å²) in [5.41, 5.74) is 1.92. The van der Waals surface area contributed by atoms with Crippen molar-refractivity contribution in [3.8, 4) is 0 Å². The minimum Gasteiger partial charge on any atom is -0.448 e. The second-order valence-corrected chi connectivity index (χ2v) is 7.26. The maximum atomic E-state index is 12.7. The van der Waals surface area contributed by atoms with E-state index in [0.717, 1.165) is 38.0 Å². The number of hydrogen-bond acceptors (Lipinski definition) is 5. The van der Waals surface area contributed by atoms with Gasteiger partial charge >= 0.3 is 0 Å². The van der Waals surface area contributed by atoms with Crippen LogP contribution in [-0.2, 0) is 6.54 Å². The normalized spacial score (nSPS) is 20.5. The molecule has 8 heteroatoms. The van der Waals surface area contributed by atoms with Crippen LogP contribution in [0.3, 0.4) is 0 Å².